The standard InChI is InChI=1S/C50H68F2N12O5/c1-32(65)62-22-15-40(39(31-62)48(54)63-18-6-9-34-27-37(35(29-53)30-55-2)38(47(51)52)28-43(34)63)56-36-13-20-61(21-14-36)45(67)16-19-60-25-23-59(24-26-60)17-5-8-33-7-4-10-41-46(33)58(3)50(69)64(41)42-11-12-44(66)57-49(42)68/h4,7,10,27-29,35-36,42,47,53-56H,5-6,8-9,11-26,30-31H2,1-3H3,(H,57,66,68). The Labute approximate surface area is 402 Å². The normalized spacial score (nSPS) is 20.4. The molecular weight excluding hydrogens is 887 g/mol. The smallest absolute Gasteiger partial charge is 0.329 e. The number of aryl methyl sites for hydroxylation is 3. The summed E-state index contributed by atoms with van der Waals surface area (Å²) in [5.74, 6) is -0.988. The fourth-order valence-electron chi connectivity index (χ4n) is 11.1. The highest BCUT2D eigenvalue weighted by Crippen LogP contribution is 2.38. The van der Waals surface area contributed by atoms with Crippen LogP contribution < -0.4 is 26.5 Å². The van der Waals surface area contributed by atoms with Crippen molar-refractivity contribution >= 4 is 52.4 Å². The van der Waals surface area contributed by atoms with Gasteiger partial charge >= 0.3 is 5.69 Å². The summed E-state index contributed by atoms with van der Waals surface area (Å²) in [5, 5.41) is 26.6. The Bertz CT molecular complexity index is 2540. The lowest BCUT2D eigenvalue weighted by Crippen LogP contribution is -2.49. The molecule has 0 radical (unpaired) electrons. The van der Waals surface area contributed by atoms with Gasteiger partial charge in [0.2, 0.25) is 23.6 Å². The van der Waals surface area contributed by atoms with Crippen molar-refractivity contribution in [1.29, 1.82) is 10.8 Å². The number of para-hydroxylation sites is 1. The van der Waals surface area contributed by atoms with Crippen molar-refractivity contribution in [3.63, 3.8) is 0 Å². The number of imidazole rings is 1. The van der Waals surface area contributed by atoms with E-state index < -0.39 is 24.3 Å². The number of benzene rings is 2. The average Bonchev–Trinajstić information content (AvgIpc) is 3.60. The number of likely N-dealkylation sites (tertiary alicyclic amines) is 1. The summed E-state index contributed by atoms with van der Waals surface area (Å²) in [7, 11) is 3.47. The molecule has 372 valence electrons. The number of hydrogen-bond donors (Lipinski definition) is 5. The first-order valence-electron chi connectivity index (χ1n) is 24.7. The number of likely N-dealkylation sites (N-methyl/N-ethyl adjacent to an activating group) is 1. The quantitative estimate of drug-likeness (QED) is 0.0804. The Morgan fingerprint density at radius 1 is 0.913 bits per heavy atom. The van der Waals surface area contributed by atoms with Crippen molar-refractivity contribution in [2.45, 2.75) is 95.6 Å². The van der Waals surface area contributed by atoms with E-state index in [1.807, 2.05) is 28.0 Å². The summed E-state index contributed by atoms with van der Waals surface area (Å²) in [6, 6.07) is 8.50. The summed E-state index contributed by atoms with van der Waals surface area (Å²) in [6.45, 7) is 9.56. The maximum atomic E-state index is 14.6. The number of piperidine rings is 2. The SMILES string of the molecule is CNCC(C=N)c1cc2c(cc1C(F)F)N(C(=N)C1=C(NC3CCN(C(=O)CCN4CCN(CCCc5cccc6c5n(C)c(=O)n6C5CCC(=O)NC5=O)CC4)CC3)CCN(C(C)=O)C1)CCC2. The molecule has 0 saturated carbocycles. The molecule has 0 bridgehead atoms. The molecule has 2 atom stereocenters. The van der Waals surface area contributed by atoms with Gasteiger partial charge in [0, 0.05) is 139 Å². The molecule has 5 aliphatic heterocycles. The number of aromatic nitrogens is 2. The van der Waals surface area contributed by atoms with Gasteiger partial charge in [0.15, 0.2) is 0 Å². The van der Waals surface area contributed by atoms with E-state index in [4.69, 9.17) is 5.41 Å². The van der Waals surface area contributed by atoms with Crippen LogP contribution >= 0.6 is 0 Å². The van der Waals surface area contributed by atoms with Crippen molar-refractivity contribution in [1.82, 2.24) is 44.7 Å². The molecule has 5 aliphatic rings. The largest absolute Gasteiger partial charge is 0.385 e. The number of alkyl halides is 2. The molecule has 2 aromatic carbocycles. The third-order valence-corrected chi connectivity index (χ3v) is 15.0. The van der Waals surface area contributed by atoms with Crippen LogP contribution in [0, 0.1) is 10.8 Å². The van der Waals surface area contributed by atoms with Crippen molar-refractivity contribution in [3.05, 3.63) is 74.3 Å². The van der Waals surface area contributed by atoms with Gasteiger partial charge in [0.05, 0.1) is 17.6 Å². The van der Waals surface area contributed by atoms with Gasteiger partial charge in [-0.15, -0.1) is 0 Å². The van der Waals surface area contributed by atoms with Gasteiger partial charge < -0.3 is 40.5 Å². The van der Waals surface area contributed by atoms with Gasteiger partial charge in [0.1, 0.15) is 11.9 Å². The number of rotatable bonds is 16. The first-order valence-corrected chi connectivity index (χ1v) is 24.7. The van der Waals surface area contributed by atoms with Crippen molar-refractivity contribution in [2.75, 3.05) is 90.5 Å². The molecule has 3 aromatic rings. The van der Waals surface area contributed by atoms with Crippen LogP contribution in [-0.2, 0) is 39.1 Å². The first-order chi connectivity index (χ1) is 33.3. The molecule has 0 spiro atoms. The highest BCUT2D eigenvalue weighted by atomic mass is 19.3. The fourth-order valence-corrected chi connectivity index (χ4v) is 11.1. The third-order valence-electron chi connectivity index (χ3n) is 15.0. The van der Waals surface area contributed by atoms with E-state index in [0.29, 0.717) is 87.3 Å². The van der Waals surface area contributed by atoms with Crippen LogP contribution in [0.25, 0.3) is 11.0 Å². The number of amidine groups is 1. The monoisotopic (exact) mass is 955 g/mol. The molecule has 17 nitrogen and oxygen atoms in total. The zero-order valence-corrected chi connectivity index (χ0v) is 40.3. The van der Waals surface area contributed by atoms with Crippen LogP contribution in [0.3, 0.4) is 0 Å². The number of fused-ring (bicyclic) bond motifs is 2. The second-order valence-electron chi connectivity index (χ2n) is 19.3. The first kappa shape index (κ1) is 49.6. The van der Waals surface area contributed by atoms with Crippen LogP contribution in [0.1, 0.15) is 98.9 Å². The maximum Gasteiger partial charge on any atom is 0.329 e. The highest BCUT2D eigenvalue weighted by molar-refractivity contribution is 6.09. The number of halogens is 2. The summed E-state index contributed by atoms with van der Waals surface area (Å²) >= 11 is 0. The summed E-state index contributed by atoms with van der Waals surface area (Å²) in [5.41, 5.74) is 5.65. The predicted molar refractivity (Wildman–Crippen MR) is 261 cm³/mol. The number of imide groups is 1. The molecular formula is C50H68F2N12O5. The van der Waals surface area contributed by atoms with E-state index >= 15 is 0 Å². The highest BCUT2D eigenvalue weighted by Gasteiger charge is 2.34. The van der Waals surface area contributed by atoms with Crippen LogP contribution in [0.2, 0.25) is 0 Å². The topological polar surface area (TPSA) is 195 Å². The number of nitrogens with one attached hydrogen (secondary N) is 5. The van der Waals surface area contributed by atoms with Gasteiger partial charge in [-0.25, -0.2) is 13.6 Å². The van der Waals surface area contributed by atoms with Gasteiger partial charge in [0.25, 0.3) is 6.43 Å². The number of amides is 4. The Morgan fingerprint density at radius 3 is 2.33 bits per heavy atom. The molecule has 3 saturated heterocycles. The number of carbonyl (C=O) groups is 4. The van der Waals surface area contributed by atoms with E-state index in [0.717, 1.165) is 87.2 Å². The van der Waals surface area contributed by atoms with E-state index in [9.17, 15) is 38.2 Å². The second kappa shape index (κ2) is 21.9. The molecule has 4 amide bonds. The van der Waals surface area contributed by atoms with Crippen molar-refractivity contribution < 1.29 is 28.0 Å². The van der Waals surface area contributed by atoms with Gasteiger partial charge in [-0.2, -0.15) is 0 Å². The Kier molecular flexibility index (Phi) is 15.7. The maximum absolute atomic E-state index is 14.6. The Hall–Kier alpha value is -5.79. The zero-order chi connectivity index (χ0) is 48.9. The van der Waals surface area contributed by atoms with E-state index in [1.54, 1.807) is 29.6 Å². The minimum atomic E-state index is -2.75. The van der Waals surface area contributed by atoms with Crippen LogP contribution in [-0.4, -0.2) is 156 Å². The predicted octanol–water partition coefficient (Wildman–Crippen LogP) is 3.67. The Morgan fingerprint density at radius 2 is 1.65 bits per heavy atom. The van der Waals surface area contributed by atoms with Gasteiger partial charge in [-0.05, 0) is 87.4 Å². The minimum absolute atomic E-state index is 0.0782. The molecule has 2 unspecified atom stereocenters. The number of hydrogen-bond acceptors (Lipinski definition) is 11. The number of carbonyl (C=O) groups excluding carboxylic acids is 4. The average molecular weight is 955 g/mol. The number of nitrogens with zero attached hydrogens (tertiary/aromatic N) is 7. The van der Waals surface area contributed by atoms with E-state index in [2.05, 4.69) is 25.8 Å². The van der Waals surface area contributed by atoms with E-state index in [-0.39, 0.29) is 53.8 Å². The van der Waals surface area contributed by atoms with Gasteiger partial charge in [-0.1, -0.05) is 18.2 Å². The summed E-state index contributed by atoms with van der Waals surface area (Å²) < 4.78 is 32.3. The minimum Gasteiger partial charge on any atom is -0.385 e. The molecule has 69 heavy (non-hydrogen) atoms. The molecule has 3 fully saturated rings. The second-order valence-corrected chi connectivity index (χ2v) is 19.3. The van der Waals surface area contributed by atoms with Crippen LogP contribution in [0.5, 0.6) is 0 Å². The molecule has 19 heteroatoms. The fraction of sp³-hybridized carbons (Fsp3) is 0.580. The number of anilines is 1. The van der Waals surface area contributed by atoms with Gasteiger partial charge in [-0.3, -0.25) is 39.0 Å². The van der Waals surface area contributed by atoms with Crippen LogP contribution in [0.4, 0.5) is 14.5 Å². The molecule has 0 aliphatic carbocycles. The van der Waals surface area contributed by atoms with Crippen molar-refractivity contribution in [2.24, 2.45) is 7.05 Å². The van der Waals surface area contributed by atoms with E-state index in [1.165, 1.54) is 23.8 Å². The Balaban J connectivity index is 0.814. The molecule has 5 N–H and O–H groups in total. The third kappa shape index (κ3) is 10.8. The summed E-state index contributed by atoms with van der Waals surface area (Å²) in [6.07, 6.45) is 4.54. The number of piperazine rings is 1. The lowest BCUT2D eigenvalue weighted by molar-refractivity contribution is -0.136. The molecule has 8 rings (SSSR count). The lowest BCUT2D eigenvalue weighted by Gasteiger charge is -2.39. The lowest BCUT2D eigenvalue weighted by atomic mass is 9.88. The van der Waals surface area contributed by atoms with Crippen LogP contribution in [0.15, 0.2) is 46.4 Å². The molecule has 1 aromatic heterocycles. The zero-order valence-electron chi connectivity index (χ0n) is 40.3. The van der Waals surface area contributed by atoms with Crippen molar-refractivity contribution in [3.8, 4) is 0 Å². The summed E-state index contributed by atoms with van der Waals surface area (Å²) in [4.78, 5) is 74.2. The molecule has 6 heterocycles.